The number of halogens is 1. The molecule has 0 spiro atoms. The molecule has 0 saturated heterocycles. The topological polar surface area (TPSA) is 61.3 Å². The van der Waals surface area contributed by atoms with Gasteiger partial charge < -0.3 is 15.0 Å². The van der Waals surface area contributed by atoms with Gasteiger partial charge in [-0.15, -0.1) is 0 Å². The minimum Gasteiger partial charge on any atom is -0.492 e. The molecule has 0 fully saturated rings. The summed E-state index contributed by atoms with van der Waals surface area (Å²) in [5.41, 5.74) is 8.24. The Kier molecular flexibility index (Phi) is 3.89. The van der Waals surface area contributed by atoms with E-state index in [9.17, 15) is 0 Å². The second kappa shape index (κ2) is 5.42. The predicted molar refractivity (Wildman–Crippen MR) is 70.7 cm³/mol. The van der Waals surface area contributed by atoms with Crippen LogP contribution >= 0.6 is 11.6 Å². The Hall–Kier alpha value is -1.52. The number of aromatic nitrogens is 1. The number of nitrogens with zero attached hydrogens (tertiary/aromatic N) is 1. The highest BCUT2D eigenvalue weighted by atomic mass is 35.5. The second-order valence-electron chi connectivity index (χ2n) is 3.86. The van der Waals surface area contributed by atoms with Crippen molar-refractivity contribution in [3.8, 4) is 17.1 Å². The minimum atomic E-state index is 0.384. The van der Waals surface area contributed by atoms with E-state index in [1.54, 1.807) is 6.07 Å². The van der Waals surface area contributed by atoms with Gasteiger partial charge >= 0.3 is 0 Å². The quantitative estimate of drug-likeness (QED) is 0.923. The maximum Gasteiger partial charge on any atom is 0.171 e. The van der Waals surface area contributed by atoms with Crippen LogP contribution in [0, 0.1) is 6.92 Å². The van der Waals surface area contributed by atoms with Gasteiger partial charge in [-0.1, -0.05) is 16.8 Å². The summed E-state index contributed by atoms with van der Waals surface area (Å²) in [5.74, 6) is 1.33. The van der Waals surface area contributed by atoms with E-state index >= 15 is 0 Å². The van der Waals surface area contributed by atoms with E-state index in [2.05, 4.69) is 5.16 Å². The summed E-state index contributed by atoms with van der Waals surface area (Å²) in [5, 5.41) is 4.47. The van der Waals surface area contributed by atoms with Gasteiger partial charge in [-0.25, -0.2) is 0 Å². The number of ether oxygens (including phenoxy) is 1. The van der Waals surface area contributed by atoms with Crippen LogP contribution in [-0.4, -0.2) is 11.8 Å². The molecule has 96 valence electrons. The van der Waals surface area contributed by atoms with E-state index in [-0.39, 0.29) is 0 Å². The van der Waals surface area contributed by atoms with Crippen LogP contribution in [0.4, 0.5) is 0 Å². The summed E-state index contributed by atoms with van der Waals surface area (Å²) in [6, 6.07) is 5.50. The minimum absolute atomic E-state index is 0.384. The zero-order valence-corrected chi connectivity index (χ0v) is 11.1. The van der Waals surface area contributed by atoms with Gasteiger partial charge in [-0.05, 0) is 32.0 Å². The molecule has 0 bridgehead atoms. The molecule has 0 aliphatic heterocycles. The number of aryl methyl sites for hydroxylation is 1. The summed E-state index contributed by atoms with van der Waals surface area (Å²) in [4.78, 5) is 0. The normalized spacial score (nSPS) is 10.7. The van der Waals surface area contributed by atoms with Gasteiger partial charge in [0, 0.05) is 17.7 Å². The average molecular weight is 267 g/mol. The Balaban J connectivity index is 2.42. The monoisotopic (exact) mass is 266 g/mol. The molecule has 5 heteroatoms. The Morgan fingerprint density at radius 1 is 1.44 bits per heavy atom. The fraction of sp³-hybridized carbons (Fsp3) is 0.308. The van der Waals surface area contributed by atoms with E-state index in [0.29, 0.717) is 29.7 Å². The van der Waals surface area contributed by atoms with Gasteiger partial charge in [0.1, 0.15) is 5.75 Å². The Bertz CT molecular complexity index is 552. The molecule has 0 atom stereocenters. The molecular formula is C13H15ClN2O2. The van der Waals surface area contributed by atoms with Crippen LogP contribution in [0.1, 0.15) is 18.2 Å². The molecule has 0 aliphatic rings. The maximum absolute atomic E-state index is 6.14. The second-order valence-corrected chi connectivity index (χ2v) is 4.27. The highest BCUT2D eigenvalue weighted by Gasteiger charge is 2.14. The van der Waals surface area contributed by atoms with Crippen molar-refractivity contribution < 1.29 is 9.26 Å². The molecule has 18 heavy (non-hydrogen) atoms. The smallest absolute Gasteiger partial charge is 0.171 e. The van der Waals surface area contributed by atoms with Crippen LogP contribution in [0.5, 0.6) is 5.75 Å². The molecule has 1 heterocycles. The third-order valence-electron chi connectivity index (χ3n) is 2.68. The summed E-state index contributed by atoms with van der Waals surface area (Å²) in [6.07, 6.45) is 0. The first-order chi connectivity index (χ1) is 8.67. The van der Waals surface area contributed by atoms with Crippen LogP contribution < -0.4 is 10.5 Å². The third kappa shape index (κ3) is 2.35. The molecule has 2 aromatic rings. The van der Waals surface area contributed by atoms with Crippen molar-refractivity contribution >= 4 is 11.6 Å². The highest BCUT2D eigenvalue weighted by Crippen LogP contribution is 2.32. The number of rotatable bonds is 4. The van der Waals surface area contributed by atoms with Gasteiger partial charge in [0.2, 0.25) is 0 Å². The summed E-state index contributed by atoms with van der Waals surface area (Å²) in [6.45, 7) is 4.74. The van der Waals surface area contributed by atoms with Crippen molar-refractivity contribution in [2.75, 3.05) is 6.61 Å². The SMILES string of the molecule is CCOc1ccc(-c2onc(C)c2CN)cc1Cl. The van der Waals surface area contributed by atoms with Gasteiger partial charge in [0.15, 0.2) is 5.76 Å². The summed E-state index contributed by atoms with van der Waals surface area (Å²) < 4.78 is 10.7. The van der Waals surface area contributed by atoms with Crippen molar-refractivity contribution in [3.05, 3.63) is 34.5 Å². The fourth-order valence-corrected chi connectivity index (χ4v) is 2.01. The number of benzene rings is 1. The van der Waals surface area contributed by atoms with Crippen molar-refractivity contribution in [1.29, 1.82) is 0 Å². The third-order valence-corrected chi connectivity index (χ3v) is 2.98. The van der Waals surface area contributed by atoms with Crippen LogP contribution in [0.25, 0.3) is 11.3 Å². The predicted octanol–water partition coefficient (Wildman–Crippen LogP) is 3.16. The van der Waals surface area contributed by atoms with Gasteiger partial charge in [-0.3, -0.25) is 0 Å². The largest absolute Gasteiger partial charge is 0.492 e. The Morgan fingerprint density at radius 3 is 2.83 bits per heavy atom. The molecule has 0 amide bonds. The Labute approximate surface area is 111 Å². The summed E-state index contributed by atoms with van der Waals surface area (Å²) >= 11 is 6.14. The lowest BCUT2D eigenvalue weighted by atomic mass is 10.1. The fourth-order valence-electron chi connectivity index (χ4n) is 1.77. The van der Waals surface area contributed by atoms with E-state index in [1.807, 2.05) is 26.0 Å². The Morgan fingerprint density at radius 2 is 2.22 bits per heavy atom. The molecule has 4 nitrogen and oxygen atoms in total. The highest BCUT2D eigenvalue weighted by molar-refractivity contribution is 6.32. The maximum atomic E-state index is 6.14. The lowest BCUT2D eigenvalue weighted by molar-refractivity contribution is 0.340. The molecule has 0 saturated carbocycles. The molecule has 2 rings (SSSR count). The number of hydrogen-bond donors (Lipinski definition) is 1. The first-order valence-corrected chi connectivity index (χ1v) is 6.13. The molecule has 1 aromatic carbocycles. The van der Waals surface area contributed by atoms with Crippen molar-refractivity contribution in [3.63, 3.8) is 0 Å². The first kappa shape index (κ1) is 12.9. The van der Waals surface area contributed by atoms with Crippen molar-refractivity contribution in [2.45, 2.75) is 20.4 Å². The lowest BCUT2D eigenvalue weighted by Crippen LogP contribution is -1.98. The molecular weight excluding hydrogens is 252 g/mol. The van der Waals surface area contributed by atoms with Gasteiger partial charge in [0.05, 0.1) is 17.3 Å². The molecule has 0 radical (unpaired) electrons. The van der Waals surface area contributed by atoms with Crippen molar-refractivity contribution in [2.24, 2.45) is 5.73 Å². The number of nitrogens with two attached hydrogens (primary N) is 1. The molecule has 2 N–H and O–H groups in total. The first-order valence-electron chi connectivity index (χ1n) is 5.75. The summed E-state index contributed by atoms with van der Waals surface area (Å²) in [7, 11) is 0. The van der Waals surface area contributed by atoms with Crippen LogP contribution in [0.3, 0.4) is 0 Å². The zero-order valence-electron chi connectivity index (χ0n) is 10.4. The van der Waals surface area contributed by atoms with E-state index in [0.717, 1.165) is 16.8 Å². The molecule has 0 aliphatic carbocycles. The zero-order chi connectivity index (χ0) is 13.1. The van der Waals surface area contributed by atoms with Gasteiger partial charge in [0.25, 0.3) is 0 Å². The molecule has 0 unspecified atom stereocenters. The van der Waals surface area contributed by atoms with Crippen LogP contribution in [-0.2, 0) is 6.54 Å². The van der Waals surface area contributed by atoms with E-state index in [4.69, 9.17) is 26.6 Å². The lowest BCUT2D eigenvalue weighted by Gasteiger charge is -2.07. The van der Waals surface area contributed by atoms with E-state index < -0.39 is 0 Å². The van der Waals surface area contributed by atoms with Crippen LogP contribution in [0.2, 0.25) is 5.02 Å². The van der Waals surface area contributed by atoms with Gasteiger partial charge in [-0.2, -0.15) is 0 Å². The van der Waals surface area contributed by atoms with Crippen molar-refractivity contribution in [1.82, 2.24) is 5.16 Å². The molecule has 1 aromatic heterocycles. The number of hydrogen-bond acceptors (Lipinski definition) is 4. The van der Waals surface area contributed by atoms with Crippen LogP contribution in [0.15, 0.2) is 22.7 Å². The standard InChI is InChI=1S/C13H15ClN2O2/c1-3-17-12-5-4-9(6-11(12)14)13-10(7-15)8(2)16-18-13/h4-6H,3,7,15H2,1-2H3. The average Bonchev–Trinajstić information content (AvgIpc) is 2.73. The van der Waals surface area contributed by atoms with E-state index in [1.165, 1.54) is 0 Å².